The average Bonchev–Trinajstić information content (AvgIpc) is 3.04. The van der Waals surface area contributed by atoms with Gasteiger partial charge >= 0.3 is 6.16 Å². The molecular weight excluding hydrogens is 416 g/mol. The molecule has 3 saturated carbocycles. The van der Waals surface area contributed by atoms with Gasteiger partial charge in [0.15, 0.2) is 26.0 Å². The Kier molecular flexibility index (Phi) is 4.93. The predicted octanol–water partition coefficient (Wildman–Crippen LogP) is 3.40. The van der Waals surface area contributed by atoms with Gasteiger partial charge < -0.3 is 19.0 Å². The zero-order valence-corrected chi connectivity index (χ0v) is 20.3. The Hall–Kier alpha value is -1.51. The third-order valence-corrected chi connectivity index (χ3v) is 8.96. The van der Waals surface area contributed by atoms with Crippen LogP contribution >= 0.6 is 0 Å². The maximum atomic E-state index is 13.6. The fourth-order valence-corrected chi connectivity index (χ4v) is 8.39. The van der Waals surface area contributed by atoms with Gasteiger partial charge in [-0.05, 0) is 45.3 Å². The molecule has 1 saturated heterocycles. The van der Waals surface area contributed by atoms with Gasteiger partial charge in [0.05, 0.1) is 5.60 Å². The molecule has 4 fully saturated rings. The van der Waals surface area contributed by atoms with E-state index in [4.69, 9.17) is 13.9 Å². The van der Waals surface area contributed by atoms with Gasteiger partial charge in [0.1, 0.15) is 5.60 Å². The Morgan fingerprint density at radius 1 is 1.26 bits per heavy atom. The number of carbonyl (C=O) groups is 3. The lowest BCUT2D eigenvalue weighted by atomic mass is 9.55. The summed E-state index contributed by atoms with van der Waals surface area (Å²) in [6, 6.07) is 0. The fourth-order valence-electron chi connectivity index (χ4n) is 6.98. The van der Waals surface area contributed by atoms with Crippen molar-refractivity contribution in [2.45, 2.75) is 89.0 Å². The van der Waals surface area contributed by atoms with Crippen molar-refractivity contribution in [3.05, 3.63) is 12.2 Å². The van der Waals surface area contributed by atoms with E-state index < -0.39 is 55.1 Å². The molecule has 0 radical (unpaired) electrons. The van der Waals surface area contributed by atoms with Crippen molar-refractivity contribution in [2.24, 2.45) is 23.7 Å². The normalized spacial score (nSPS) is 47.1. The molecule has 0 unspecified atom stereocenters. The van der Waals surface area contributed by atoms with Crippen molar-refractivity contribution in [3.8, 4) is 0 Å². The van der Waals surface area contributed by atoms with Crippen LogP contribution in [0.3, 0.4) is 0 Å². The van der Waals surface area contributed by atoms with Crippen LogP contribution in [0.25, 0.3) is 0 Å². The molecule has 1 heterocycles. The summed E-state index contributed by atoms with van der Waals surface area (Å²) in [5.41, 5.74) is -3.15. The second-order valence-electron chi connectivity index (χ2n) is 11.2. The zero-order chi connectivity index (χ0) is 23.1. The van der Waals surface area contributed by atoms with E-state index in [1.807, 2.05) is 33.5 Å². The Morgan fingerprint density at radius 2 is 1.90 bits per heavy atom. The van der Waals surface area contributed by atoms with E-state index in [1.165, 1.54) is 6.92 Å². The van der Waals surface area contributed by atoms with Crippen LogP contribution in [-0.2, 0) is 23.5 Å². The number of rotatable bonds is 3. The van der Waals surface area contributed by atoms with Crippen LogP contribution < -0.4 is 0 Å². The first kappa shape index (κ1) is 22.7. The molecule has 4 aliphatic rings. The highest BCUT2D eigenvalue weighted by Crippen LogP contribution is 2.62. The summed E-state index contributed by atoms with van der Waals surface area (Å²) in [5.74, 6) is -2.01. The van der Waals surface area contributed by atoms with Crippen molar-refractivity contribution >= 4 is 26.0 Å². The first-order chi connectivity index (χ1) is 14.2. The lowest BCUT2D eigenvalue weighted by Gasteiger charge is -2.55. The Balaban J connectivity index is 1.90. The molecule has 0 aromatic heterocycles. The van der Waals surface area contributed by atoms with Crippen molar-refractivity contribution in [1.82, 2.24) is 0 Å². The SMILES string of the molecule is C=C1C[C@H]2[C@H]3OC(=O)O[C@@]3(C(C)=O)C[C@@H](C)[C@]2(O)[C@@H]2C[C@H](C)C(=O)[C@@]2(O[Si](C)(C)C)C1. The standard InChI is InChI=1S/C23H34O7Si/c1-12-8-16-19-21(15(4)24,29-20(26)28-19)11-14(3)23(16,27)17-9-13(2)18(25)22(17,10-12)30-31(5,6)7/h13-14,16-17,19,27H,1,8-11H2,2-7H3/t13-,14+,16-,17+,19+,21+,22+,23+/m0/s1. The van der Waals surface area contributed by atoms with Crippen LogP contribution in [0.2, 0.25) is 19.6 Å². The molecule has 8 atom stereocenters. The Morgan fingerprint density at radius 3 is 2.48 bits per heavy atom. The summed E-state index contributed by atoms with van der Waals surface area (Å²) in [6.07, 6.45) is -0.476. The van der Waals surface area contributed by atoms with E-state index in [2.05, 4.69) is 6.58 Å². The minimum atomic E-state index is -2.18. The van der Waals surface area contributed by atoms with Gasteiger partial charge in [-0.25, -0.2) is 4.79 Å². The lowest BCUT2D eigenvalue weighted by Crippen LogP contribution is -2.69. The van der Waals surface area contributed by atoms with Crippen molar-refractivity contribution in [1.29, 1.82) is 0 Å². The molecule has 7 nitrogen and oxygen atoms in total. The second kappa shape index (κ2) is 6.75. The van der Waals surface area contributed by atoms with Crippen molar-refractivity contribution in [3.63, 3.8) is 0 Å². The highest BCUT2D eigenvalue weighted by Gasteiger charge is 2.74. The number of ketones is 2. The second-order valence-corrected chi connectivity index (χ2v) is 15.7. The van der Waals surface area contributed by atoms with Crippen LogP contribution in [0.15, 0.2) is 12.2 Å². The molecule has 0 aromatic carbocycles. The number of fused-ring (bicyclic) bond motifs is 5. The van der Waals surface area contributed by atoms with Crippen LogP contribution in [0, 0.1) is 23.7 Å². The minimum Gasteiger partial charge on any atom is -0.426 e. The summed E-state index contributed by atoms with van der Waals surface area (Å²) >= 11 is 0. The third kappa shape index (κ3) is 3.01. The van der Waals surface area contributed by atoms with Gasteiger partial charge in [0.2, 0.25) is 5.60 Å². The first-order valence-corrected chi connectivity index (χ1v) is 14.6. The molecule has 0 spiro atoms. The predicted molar refractivity (Wildman–Crippen MR) is 115 cm³/mol. The smallest absolute Gasteiger partial charge is 0.426 e. The fraction of sp³-hybridized carbons (Fsp3) is 0.783. The zero-order valence-electron chi connectivity index (χ0n) is 19.3. The van der Waals surface area contributed by atoms with E-state index in [-0.39, 0.29) is 23.9 Å². The monoisotopic (exact) mass is 450 g/mol. The van der Waals surface area contributed by atoms with Gasteiger partial charge in [-0.3, -0.25) is 9.59 Å². The van der Waals surface area contributed by atoms with Gasteiger partial charge in [-0.15, -0.1) is 0 Å². The molecular formula is C23H34O7Si. The Labute approximate surface area is 184 Å². The Bertz CT molecular complexity index is 862. The lowest BCUT2D eigenvalue weighted by molar-refractivity contribution is -0.215. The number of aliphatic hydroxyl groups is 1. The van der Waals surface area contributed by atoms with E-state index in [1.54, 1.807) is 0 Å². The number of ether oxygens (including phenoxy) is 2. The third-order valence-electron chi connectivity index (χ3n) is 7.99. The molecule has 172 valence electrons. The van der Waals surface area contributed by atoms with Crippen LogP contribution in [-0.4, -0.2) is 54.1 Å². The van der Waals surface area contributed by atoms with E-state index in [9.17, 15) is 19.5 Å². The number of hydrogen-bond acceptors (Lipinski definition) is 7. The van der Waals surface area contributed by atoms with Crippen molar-refractivity contribution in [2.75, 3.05) is 0 Å². The van der Waals surface area contributed by atoms with Crippen LogP contribution in [0.1, 0.15) is 46.5 Å². The molecule has 31 heavy (non-hydrogen) atoms. The summed E-state index contributed by atoms with van der Waals surface area (Å²) in [7, 11) is -2.18. The van der Waals surface area contributed by atoms with E-state index >= 15 is 0 Å². The summed E-state index contributed by atoms with van der Waals surface area (Å²) in [4.78, 5) is 38.5. The maximum Gasteiger partial charge on any atom is 0.509 e. The van der Waals surface area contributed by atoms with Gasteiger partial charge in [-0.2, -0.15) is 0 Å². The van der Waals surface area contributed by atoms with Gasteiger partial charge in [0, 0.05) is 30.6 Å². The quantitative estimate of drug-likeness (QED) is 0.400. The molecule has 0 amide bonds. The van der Waals surface area contributed by atoms with Gasteiger partial charge in [0.25, 0.3) is 0 Å². The van der Waals surface area contributed by atoms with Crippen molar-refractivity contribution < 1.29 is 33.4 Å². The van der Waals surface area contributed by atoms with E-state index in [0.717, 1.165) is 5.57 Å². The van der Waals surface area contributed by atoms with Gasteiger partial charge in [-0.1, -0.05) is 26.0 Å². The summed E-state index contributed by atoms with van der Waals surface area (Å²) < 4.78 is 17.7. The molecule has 8 heteroatoms. The first-order valence-electron chi connectivity index (χ1n) is 11.2. The molecule has 0 bridgehead atoms. The number of hydrogen-bond donors (Lipinski definition) is 1. The molecule has 4 rings (SSSR count). The highest BCUT2D eigenvalue weighted by molar-refractivity contribution is 6.70. The largest absolute Gasteiger partial charge is 0.509 e. The summed E-state index contributed by atoms with van der Waals surface area (Å²) in [6.45, 7) is 15.5. The minimum absolute atomic E-state index is 0.0189. The van der Waals surface area contributed by atoms with E-state index in [0.29, 0.717) is 19.3 Å². The maximum absolute atomic E-state index is 13.6. The van der Waals surface area contributed by atoms with Crippen LogP contribution in [0.5, 0.6) is 0 Å². The molecule has 1 aliphatic heterocycles. The highest BCUT2D eigenvalue weighted by atomic mass is 28.4. The molecule has 3 aliphatic carbocycles. The van der Waals surface area contributed by atoms with Crippen LogP contribution in [0.4, 0.5) is 4.79 Å². The summed E-state index contributed by atoms with van der Waals surface area (Å²) in [5, 5.41) is 12.4. The average molecular weight is 451 g/mol. The molecule has 1 N–H and O–H groups in total. The molecule has 0 aromatic rings. The number of carbonyl (C=O) groups excluding carboxylic acids is 3. The topological polar surface area (TPSA) is 99.1 Å². The number of Topliss-reactive ketones (excluding diaryl/α,β-unsaturated/α-hetero) is 2.